The summed E-state index contributed by atoms with van der Waals surface area (Å²) in [4.78, 5) is 16.9. The first-order valence-corrected chi connectivity index (χ1v) is 7.59. The average molecular weight is 337 g/mol. The topological polar surface area (TPSA) is 68.5 Å². The molecule has 128 valence electrons. The van der Waals surface area contributed by atoms with E-state index in [0.29, 0.717) is 13.1 Å². The fourth-order valence-corrected chi connectivity index (χ4v) is 2.55. The zero-order valence-electron chi connectivity index (χ0n) is 13.3. The first-order chi connectivity index (χ1) is 11.5. The van der Waals surface area contributed by atoms with E-state index in [1.54, 1.807) is 11.8 Å². The molecule has 1 fully saturated rings. The third-order valence-corrected chi connectivity index (χ3v) is 4.04. The van der Waals surface area contributed by atoms with Gasteiger partial charge in [0.25, 0.3) is 5.89 Å². The van der Waals surface area contributed by atoms with Crippen LogP contribution < -0.4 is 0 Å². The molecule has 3 rings (SSSR count). The summed E-state index contributed by atoms with van der Waals surface area (Å²) in [6, 6.07) is 3.69. The van der Waals surface area contributed by atoms with Crippen LogP contribution in [0, 0.1) is 11.6 Å². The van der Waals surface area contributed by atoms with Crippen molar-refractivity contribution in [2.24, 2.45) is 0 Å². The lowest BCUT2D eigenvalue weighted by Crippen LogP contribution is -2.53. The standard InChI is InChI=1S/C16H17F2N3O3/c1-9(15-12(17)4-3-5-13(15)18)16-19-14(24-20-16)8-23-11-6-21(7-11)10(2)22/h3-5,9,11H,6-8H2,1-2H3. The summed E-state index contributed by atoms with van der Waals surface area (Å²) in [7, 11) is 0. The molecule has 1 amide bonds. The van der Waals surface area contributed by atoms with E-state index < -0.39 is 17.6 Å². The fraction of sp³-hybridized carbons (Fsp3) is 0.438. The van der Waals surface area contributed by atoms with Crippen molar-refractivity contribution in [2.75, 3.05) is 13.1 Å². The lowest BCUT2D eigenvalue weighted by molar-refractivity contribution is -0.144. The van der Waals surface area contributed by atoms with E-state index in [1.807, 2.05) is 0 Å². The highest BCUT2D eigenvalue weighted by Gasteiger charge is 2.30. The van der Waals surface area contributed by atoms with Crippen LogP contribution in [0.25, 0.3) is 0 Å². The van der Waals surface area contributed by atoms with Gasteiger partial charge in [0.1, 0.15) is 18.2 Å². The van der Waals surface area contributed by atoms with Crippen molar-refractivity contribution >= 4 is 5.91 Å². The summed E-state index contributed by atoms with van der Waals surface area (Å²) >= 11 is 0. The first-order valence-electron chi connectivity index (χ1n) is 7.59. The second-order valence-electron chi connectivity index (χ2n) is 5.76. The van der Waals surface area contributed by atoms with Gasteiger partial charge in [0.15, 0.2) is 5.82 Å². The Bertz CT molecular complexity index is 724. The summed E-state index contributed by atoms with van der Waals surface area (Å²) in [6.07, 6.45) is -0.0642. The number of amides is 1. The van der Waals surface area contributed by atoms with Gasteiger partial charge < -0.3 is 14.2 Å². The van der Waals surface area contributed by atoms with E-state index in [1.165, 1.54) is 25.1 Å². The molecular weight excluding hydrogens is 320 g/mol. The molecule has 1 aliphatic rings. The number of carbonyl (C=O) groups excluding carboxylic acids is 1. The van der Waals surface area contributed by atoms with Gasteiger partial charge in [0, 0.05) is 25.6 Å². The Morgan fingerprint density at radius 3 is 2.71 bits per heavy atom. The largest absolute Gasteiger partial charge is 0.365 e. The molecule has 1 aromatic carbocycles. The van der Waals surface area contributed by atoms with E-state index >= 15 is 0 Å². The highest BCUT2D eigenvalue weighted by atomic mass is 19.1. The van der Waals surface area contributed by atoms with Gasteiger partial charge >= 0.3 is 0 Å². The molecule has 1 saturated heterocycles. The molecule has 1 aromatic heterocycles. The predicted octanol–water partition coefficient (Wildman–Crippen LogP) is 2.25. The molecule has 1 atom stereocenters. The van der Waals surface area contributed by atoms with Crippen LogP contribution in [-0.2, 0) is 16.1 Å². The number of hydrogen-bond donors (Lipinski definition) is 0. The van der Waals surface area contributed by atoms with Crippen LogP contribution in [-0.4, -0.2) is 40.1 Å². The van der Waals surface area contributed by atoms with Gasteiger partial charge in [-0.1, -0.05) is 18.1 Å². The maximum atomic E-state index is 13.8. The average Bonchev–Trinajstić information content (AvgIpc) is 2.93. The third-order valence-electron chi connectivity index (χ3n) is 4.04. The number of ether oxygens (including phenoxy) is 1. The van der Waals surface area contributed by atoms with Crippen LogP contribution in [0.3, 0.4) is 0 Å². The number of benzene rings is 1. The Morgan fingerprint density at radius 2 is 2.08 bits per heavy atom. The maximum absolute atomic E-state index is 13.8. The predicted molar refractivity (Wildman–Crippen MR) is 79.0 cm³/mol. The molecule has 0 bridgehead atoms. The Kier molecular flexibility index (Phi) is 4.57. The molecule has 0 spiro atoms. The smallest absolute Gasteiger partial charge is 0.252 e. The number of carbonyl (C=O) groups is 1. The molecule has 1 unspecified atom stereocenters. The molecular formula is C16H17F2N3O3. The Hall–Kier alpha value is -2.35. The van der Waals surface area contributed by atoms with Gasteiger partial charge in [0.2, 0.25) is 5.91 Å². The van der Waals surface area contributed by atoms with Crippen LogP contribution in [0.5, 0.6) is 0 Å². The zero-order chi connectivity index (χ0) is 17.3. The molecule has 8 heteroatoms. The van der Waals surface area contributed by atoms with Gasteiger partial charge in [-0.15, -0.1) is 0 Å². The quantitative estimate of drug-likeness (QED) is 0.837. The normalized spacial score (nSPS) is 16.1. The highest BCUT2D eigenvalue weighted by Crippen LogP contribution is 2.27. The monoisotopic (exact) mass is 337 g/mol. The van der Waals surface area contributed by atoms with E-state index in [0.717, 1.165) is 0 Å². The van der Waals surface area contributed by atoms with Crippen LogP contribution in [0.15, 0.2) is 22.7 Å². The number of rotatable bonds is 5. The van der Waals surface area contributed by atoms with Crippen molar-refractivity contribution in [2.45, 2.75) is 32.5 Å². The van der Waals surface area contributed by atoms with Crippen LogP contribution in [0.2, 0.25) is 0 Å². The molecule has 2 aromatic rings. The summed E-state index contributed by atoms with van der Waals surface area (Å²) in [6.45, 7) is 4.27. The van der Waals surface area contributed by atoms with Crippen molar-refractivity contribution in [3.05, 3.63) is 47.1 Å². The van der Waals surface area contributed by atoms with Crippen molar-refractivity contribution < 1.29 is 22.8 Å². The molecule has 24 heavy (non-hydrogen) atoms. The van der Waals surface area contributed by atoms with Gasteiger partial charge in [-0.05, 0) is 12.1 Å². The molecule has 2 heterocycles. The summed E-state index contributed by atoms with van der Waals surface area (Å²) < 4.78 is 38.3. The van der Waals surface area contributed by atoms with Crippen molar-refractivity contribution in [3.63, 3.8) is 0 Å². The van der Waals surface area contributed by atoms with Crippen LogP contribution in [0.4, 0.5) is 8.78 Å². The Balaban J connectivity index is 1.60. The molecule has 0 N–H and O–H groups in total. The second-order valence-corrected chi connectivity index (χ2v) is 5.76. The van der Waals surface area contributed by atoms with Crippen molar-refractivity contribution in [3.8, 4) is 0 Å². The van der Waals surface area contributed by atoms with Gasteiger partial charge in [-0.2, -0.15) is 4.98 Å². The maximum Gasteiger partial charge on any atom is 0.252 e. The minimum atomic E-state index is -0.680. The van der Waals surface area contributed by atoms with Crippen molar-refractivity contribution in [1.29, 1.82) is 0 Å². The molecule has 0 saturated carbocycles. The summed E-state index contributed by atoms with van der Waals surface area (Å²) in [5.74, 6) is -1.55. The summed E-state index contributed by atoms with van der Waals surface area (Å²) in [5, 5.41) is 3.78. The molecule has 0 radical (unpaired) electrons. The number of aromatic nitrogens is 2. The van der Waals surface area contributed by atoms with E-state index in [9.17, 15) is 13.6 Å². The van der Waals surface area contributed by atoms with E-state index in [4.69, 9.17) is 9.26 Å². The second kappa shape index (κ2) is 6.64. The van der Waals surface area contributed by atoms with Gasteiger partial charge in [-0.25, -0.2) is 8.78 Å². The summed E-state index contributed by atoms with van der Waals surface area (Å²) in [5.41, 5.74) is -0.0955. The van der Waals surface area contributed by atoms with Crippen molar-refractivity contribution in [1.82, 2.24) is 15.0 Å². The van der Waals surface area contributed by atoms with Crippen LogP contribution in [0.1, 0.15) is 37.0 Å². The van der Waals surface area contributed by atoms with Gasteiger partial charge in [0.05, 0.1) is 12.0 Å². The minimum absolute atomic E-state index is 0.00988. The Morgan fingerprint density at radius 1 is 1.42 bits per heavy atom. The molecule has 0 aliphatic carbocycles. The number of nitrogens with zero attached hydrogens (tertiary/aromatic N) is 3. The van der Waals surface area contributed by atoms with E-state index in [2.05, 4.69) is 10.1 Å². The highest BCUT2D eigenvalue weighted by molar-refractivity contribution is 5.74. The van der Waals surface area contributed by atoms with Crippen LogP contribution >= 0.6 is 0 Å². The minimum Gasteiger partial charge on any atom is -0.365 e. The van der Waals surface area contributed by atoms with Gasteiger partial charge in [-0.3, -0.25) is 4.79 Å². The van der Waals surface area contributed by atoms with E-state index in [-0.39, 0.29) is 35.9 Å². The lowest BCUT2D eigenvalue weighted by Gasteiger charge is -2.37. The fourth-order valence-electron chi connectivity index (χ4n) is 2.55. The zero-order valence-corrected chi connectivity index (χ0v) is 13.3. The number of halogens is 2. The lowest BCUT2D eigenvalue weighted by atomic mass is 9.99. The molecule has 1 aliphatic heterocycles. The first kappa shape index (κ1) is 16.5. The number of hydrogen-bond acceptors (Lipinski definition) is 5. The SMILES string of the molecule is CC(=O)N1CC(OCc2nc(C(C)c3c(F)cccc3F)no2)C1. The number of likely N-dealkylation sites (tertiary alicyclic amines) is 1. The molecule has 6 nitrogen and oxygen atoms in total. The Labute approximate surface area is 137 Å². The third kappa shape index (κ3) is 3.28.